The molecule has 1 rings (SSSR count). The maximum atomic E-state index is 9.45. The minimum absolute atomic E-state index is 0.648. The van der Waals surface area contributed by atoms with Gasteiger partial charge in [0.05, 0.1) is 0 Å². The summed E-state index contributed by atoms with van der Waals surface area (Å²) in [7, 11) is 0. The van der Waals surface area contributed by atoms with Gasteiger partial charge in [0.2, 0.25) is 0 Å². The Hall–Kier alpha value is -1.12. The molecule has 0 aliphatic rings. The molecule has 3 N–H and O–H groups in total. The lowest BCUT2D eigenvalue weighted by Gasteiger charge is -2.18. The summed E-state index contributed by atoms with van der Waals surface area (Å²) in [6, 6.07) is 9.00. The van der Waals surface area contributed by atoms with E-state index in [1.54, 1.807) is 12.1 Å². The van der Waals surface area contributed by atoms with Crippen LogP contribution in [0.25, 0.3) is 0 Å². The molecule has 1 atom stereocenters. The van der Waals surface area contributed by atoms with E-state index < -0.39 is 5.72 Å². The van der Waals surface area contributed by atoms with Crippen LogP contribution in [-0.2, 0) is 5.72 Å². The van der Waals surface area contributed by atoms with Gasteiger partial charge in [-0.15, -0.1) is 0 Å². The van der Waals surface area contributed by atoms with E-state index in [4.69, 9.17) is 5.73 Å². The Morgan fingerprint density at radius 2 is 1.91 bits per heavy atom. The van der Waals surface area contributed by atoms with Crippen LogP contribution in [0.5, 0.6) is 0 Å². The van der Waals surface area contributed by atoms with Crippen LogP contribution >= 0.6 is 0 Å². The summed E-state index contributed by atoms with van der Waals surface area (Å²) in [5.74, 6) is 0. The molecular weight excluding hydrogens is 138 g/mol. The molecule has 1 aromatic carbocycles. The Kier molecular flexibility index (Phi) is 2.08. The predicted molar refractivity (Wildman–Crippen MR) is 44.7 cm³/mol. The predicted octanol–water partition coefficient (Wildman–Crippen LogP) is 0.976. The van der Waals surface area contributed by atoms with Crippen molar-refractivity contribution < 1.29 is 5.11 Å². The van der Waals surface area contributed by atoms with Crippen molar-refractivity contribution in [1.82, 2.24) is 0 Å². The summed E-state index contributed by atoms with van der Waals surface area (Å²) in [5.41, 5.74) is 4.72. The van der Waals surface area contributed by atoms with E-state index in [0.717, 1.165) is 0 Å². The quantitative estimate of drug-likeness (QED) is 0.486. The van der Waals surface area contributed by atoms with Gasteiger partial charge in [-0.1, -0.05) is 36.9 Å². The minimum Gasteiger partial charge on any atom is -0.368 e. The molecule has 0 aromatic heterocycles. The molecule has 11 heavy (non-hydrogen) atoms. The zero-order chi connectivity index (χ0) is 8.32. The summed E-state index contributed by atoms with van der Waals surface area (Å²) < 4.78 is 0. The number of aliphatic hydroxyl groups is 1. The van der Waals surface area contributed by atoms with Crippen LogP contribution in [0.1, 0.15) is 5.56 Å². The van der Waals surface area contributed by atoms with Gasteiger partial charge in [0.1, 0.15) is 0 Å². The van der Waals surface area contributed by atoms with Crippen LogP contribution in [-0.4, -0.2) is 5.11 Å². The van der Waals surface area contributed by atoms with Gasteiger partial charge in [-0.2, -0.15) is 0 Å². The van der Waals surface area contributed by atoms with Gasteiger partial charge in [-0.25, -0.2) is 0 Å². The first-order chi connectivity index (χ1) is 5.17. The van der Waals surface area contributed by atoms with Crippen molar-refractivity contribution in [2.75, 3.05) is 0 Å². The monoisotopic (exact) mass is 149 g/mol. The molecule has 0 spiro atoms. The molecule has 0 fully saturated rings. The lowest BCUT2D eigenvalue weighted by atomic mass is 10.0. The third kappa shape index (κ3) is 1.67. The molecule has 0 radical (unpaired) electrons. The third-order valence-electron chi connectivity index (χ3n) is 1.55. The van der Waals surface area contributed by atoms with E-state index in [1.165, 1.54) is 6.08 Å². The summed E-state index contributed by atoms with van der Waals surface area (Å²) in [5, 5.41) is 9.45. The second-order valence-electron chi connectivity index (χ2n) is 2.40. The van der Waals surface area contributed by atoms with Crippen molar-refractivity contribution in [3.63, 3.8) is 0 Å². The topological polar surface area (TPSA) is 46.2 Å². The van der Waals surface area contributed by atoms with E-state index in [-0.39, 0.29) is 0 Å². The highest BCUT2D eigenvalue weighted by Gasteiger charge is 2.17. The SMILES string of the molecule is C=CC(N)(O)c1ccccc1. The normalized spacial score (nSPS) is 15.5. The Balaban J connectivity index is 3.02. The minimum atomic E-state index is -1.40. The second kappa shape index (κ2) is 2.86. The molecular formula is C9H11NO. The number of rotatable bonds is 2. The number of nitrogens with two attached hydrogens (primary N) is 1. The molecule has 0 heterocycles. The van der Waals surface area contributed by atoms with Crippen molar-refractivity contribution in [3.8, 4) is 0 Å². The van der Waals surface area contributed by atoms with Gasteiger partial charge >= 0.3 is 0 Å². The van der Waals surface area contributed by atoms with Crippen LogP contribution in [0.2, 0.25) is 0 Å². The second-order valence-corrected chi connectivity index (χ2v) is 2.40. The van der Waals surface area contributed by atoms with Gasteiger partial charge in [0.15, 0.2) is 5.72 Å². The van der Waals surface area contributed by atoms with Crippen LogP contribution in [0.15, 0.2) is 43.0 Å². The lowest BCUT2D eigenvalue weighted by molar-refractivity contribution is 0.0976. The number of hydrogen-bond donors (Lipinski definition) is 2. The van der Waals surface area contributed by atoms with E-state index in [9.17, 15) is 5.11 Å². The Morgan fingerprint density at radius 3 is 2.36 bits per heavy atom. The lowest BCUT2D eigenvalue weighted by Crippen LogP contribution is -2.33. The fourth-order valence-electron chi connectivity index (χ4n) is 0.823. The molecule has 0 saturated carbocycles. The van der Waals surface area contributed by atoms with Gasteiger partial charge in [0.25, 0.3) is 0 Å². The van der Waals surface area contributed by atoms with Crippen molar-refractivity contribution in [1.29, 1.82) is 0 Å². The smallest absolute Gasteiger partial charge is 0.158 e. The molecule has 1 aromatic rings. The summed E-state index contributed by atoms with van der Waals surface area (Å²) in [4.78, 5) is 0. The first kappa shape index (κ1) is 7.98. The first-order valence-electron chi connectivity index (χ1n) is 3.37. The van der Waals surface area contributed by atoms with Gasteiger partial charge in [0, 0.05) is 5.56 Å². The van der Waals surface area contributed by atoms with Crippen LogP contribution < -0.4 is 5.73 Å². The molecule has 2 nitrogen and oxygen atoms in total. The first-order valence-corrected chi connectivity index (χ1v) is 3.37. The van der Waals surface area contributed by atoms with Crippen molar-refractivity contribution in [3.05, 3.63) is 48.6 Å². The average Bonchev–Trinajstić information content (AvgIpc) is 2.06. The maximum Gasteiger partial charge on any atom is 0.158 e. The van der Waals surface area contributed by atoms with Crippen molar-refractivity contribution >= 4 is 0 Å². The van der Waals surface area contributed by atoms with Crippen LogP contribution in [0.4, 0.5) is 0 Å². The van der Waals surface area contributed by atoms with E-state index in [1.807, 2.05) is 18.2 Å². The van der Waals surface area contributed by atoms with Crippen molar-refractivity contribution in [2.45, 2.75) is 5.72 Å². The third-order valence-corrected chi connectivity index (χ3v) is 1.55. The van der Waals surface area contributed by atoms with E-state index in [0.29, 0.717) is 5.56 Å². The number of benzene rings is 1. The Labute approximate surface area is 66.0 Å². The molecule has 1 unspecified atom stereocenters. The van der Waals surface area contributed by atoms with E-state index >= 15 is 0 Å². The van der Waals surface area contributed by atoms with Crippen LogP contribution in [0.3, 0.4) is 0 Å². The van der Waals surface area contributed by atoms with Gasteiger partial charge < -0.3 is 5.11 Å². The standard InChI is InChI=1S/C9H11NO/c1-2-9(10,11)8-6-4-3-5-7-8/h2-7,11H,1,10H2. The Bertz CT molecular complexity index is 241. The summed E-state index contributed by atoms with van der Waals surface area (Å²) >= 11 is 0. The fourth-order valence-corrected chi connectivity index (χ4v) is 0.823. The largest absolute Gasteiger partial charge is 0.368 e. The summed E-state index contributed by atoms with van der Waals surface area (Å²) in [6.07, 6.45) is 1.31. The van der Waals surface area contributed by atoms with Gasteiger partial charge in [-0.05, 0) is 6.08 Å². The molecule has 0 saturated heterocycles. The summed E-state index contributed by atoms with van der Waals surface area (Å²) in [6.45, 7) is 3.43. The highest BCUT2D eigenvalue weighted by molar-refractivity contribution is 5.24. The molecule has 0 aliphatic heterocycles. The maximum absolute atomic E-state index is 9.45. The molecule has 0 bridgehead atoms. The molecule has 0 aliphatic carbocycles. The average molecular weight is 149 g/mol. The highest BCUT2D eigenvalue weighted by Crippen LogP contribution is 2.14. The van der Waals surface area contributed by atoms with Gasteiger partial charge in [-0.3, -0.25) is 5.73 Å². The Morgan fingerprint density at radius 1 is 1.36 bits per heavy atom. The highest BCUT2D eigenvalue weighted by atomic mass is 16.3. The molecule has 2 heteroatoms. The fraction of sp³-hybridized carbons (Fsp3) is 0.111. The molecule has 58 valence electrons. The number of hydrogen-bond acceptors (Lipinski definition) is 2. The van der Waals surface area contributed by atoms with Crippen molar-refractivity contribution in [2.24, 2.45) is 5.73 Å². The molecule has 0 amide bonds. The van der Waals surface area contributed by atoms with E-state index in [2.05, 4.69) is 6.58 Å². The zero-order valence-electron chi connectivity index (χ0n) is 6.20. The zero-order valence-corrected chi connectivity index (χ0v) is 6.20. The van der Waals surface area contributed by atoms with Crippen LogP contribution in [0, 0.1) is 0 Å².